The topological polar surface area (TPSA) is 43.1 Å². The van der Waals surface area contributed by atoms with E-state index in [9.17, 15) is 4.79 Å². The highest BCUT2D eigenvalue weighted by Crippen LogP contribution is 2.25. The molecule has 2 rings (SSSR count). The Morgan fingerprint density at radius 2 is 1.88 bits per heavy atom. The molecule has 0 spiro atoms. The Morgan fingerprint density at radius 3 is 2.59 bits per heavy atom. The van der Waals surface area contributed by atoms with Crippen LogP contribution in [-0.4, -0.2) is 5.24 Å². The van der Waals surface area contributed by atoms with Gasteiger partial charge in [-0.2, -0.15) is 0 Å². The summed E-state index contributed by atoms with van der Waals surface area (Å²) in [7, 11) is 0. The lowest BCUT2D eigenvalue weighted by molar-refractivity contribution is 0.108. The van der Waals surface area contributed by atoms with Crippen molar-refractivity contribution < 1.29 is 4.79 Å². The van der Waals surface area contributed by atoms with Gasteiger partial charge in [-0.05, 0) is 40.4 Å². The van der Waals surface area contributed by atoms with Gasteiger partial charge in [0.25, 0.3) is 5.24 Å². The van der Waals surface area contributed by atoms with Crippen LogP contribution in [0.5, 0.6) is 0 Å². The maximum atomic E-state index is 11.3. The van der Waals surface area contributed by atoms with Crippen LogP contribution in [0.1, 0.15) is 15.9 Å². The molecule has 0 saturated heterocycles. The van der Waals surface area contributed by atoms with Gasteiger partial charge >= 0.3 is 0 Å². The predicted molar refractivity (Wildman–Crippen MR) is 70.0 cm³/mol. The first-order chi connectivity index (χ1) is 8.22. The molecule has 0 saturated carbocycles. The van der Waals surface area contributed by atoms with E-state index in [4.69, 9.17) is 17.3 Å². The number of carbonyl (C=O) groups excluding carboxylic acids is 1. The van der Waals surface area contributed by atoms with Gasteiger partial charge in [-0.15, -0.1) is 0 Å². The predicted octanol–water partition coefficient (Wildman–Crippen LogP) is 3.19. The second kappa shape index (κ2) is 5.13. The van der Waals surface area contributed by atoms with Gasteiger partial charge in [0.05, 0.1) is 0 Å². The summed E-state index contributed by atoms with van der Waals surface area (Å²) < 4.78 is 0. The number of rotatable bonds is 3. The maximum Gasteiger partial charge on any atom is 0.253 e. The van der Waals surface area contributed by atoms with Gasteiger partial charge in [0, 0.05) is 12.1 Å². The lowest BCUT2D eigenvalue weighted by atomic mass is 9.99. The van der Waals surface area contributed by atoms with Crippen LogP contribution in [0.2, 0.25) is 0 Å². The zero-order chi connectivity index (χ0) is 12.3. The summed E-state index contributed by atoms with van der Waals surface area (Å²) >= 11 is 5.57. The summed E-state index contributed by atoms with van der Waals surface area (Å²) in [5.41, 5.74) is 8.94. The van der Waals surface area contributed by atoms with Gasteiger partial charge in [0.1, 0.15) is 0 Å². The molecule has 86 valence electrons. The average molecular weight is 246 g/mol. The minimum absolute atomic E-state index is 0.446. The summed E-state index contributed by atoms with van der Waals surface area (Å²) in [5.74, 6) is 0. The quantitative estimate of drug-likeness (QED) is 0.844. The lowest BCUT2D eigenvalue weighted by Gasteiger charge is -2.07. The second-order valence-electron chi connectivity index (χ2n) is 3.72. The summed E-state index contributed by atoms with van der Waals surface area (Å²) in [4.78, 5) is 11.3. The Balaban J connectivity index is 2.56. The molecule has 0 aliphatic rings. The molecule has 0 aromatic heterocycles. The Kier molecular flexibility index (Phi) is 3.57. The van der Waals surface area contributed by atoms with Gasteiger partial charge in [-0.25, -0.2) is 0 Å². The third kappa shape index (κ3) is 2.54. The highest BCUT2D eigenvalue weighted by molar-refractivity contribution is 6.68. The Morgan fingerprint density at radius 1 is 1.12 bits per heavy atom. The van der Waals surface area contributed by atoms with Crippen LogP contribution < -0.4 is 5.73 Å². The molecule has 0 atom stereocenters. The third-order valence-corrected chi connectivity index (χ3v) is 2.82. The smallest absolute Gasteiger partial charge is 0.253 e. The molecule has 0 heterocycles. The zero-order valence-corrected chi connectivity index (χ0v) is 9.95. The molecule has 2 aromatic rings. The summed E-state index contributed by atoms with van der Waals surface area (Å²) in [6.45, 7) is 0.477. The SMILES string of the molecule is NCc1cccc(-c2ccccc2C(=O)Cl)c1. The van der Waals surface area contributed by atoms with E-state index in [0.717, 1.165) is 16.7 Å². The van der Waals surface area contributed by atoms with E-state index < -0.39 is 5.24 Å². The van der Waals surface area contributed by atoms with E-state index in [0.29, 0.717) is 12.1 Å². The Bertz CT molecular complexity index is 551. The number of halogens is 1. The molecule has 0 aliphatic heterocycles. The number of carbonyl (C=O) groups is 1. The van der Waals surface area contributed by atoms with Crippen LogP contribution in [0.4, 0.5) is 0 Å². The van der Waals surface area contributed by atoms with Crippen molar-refractivity contribution in [2.24, 2.45) is 5.73 Å². The highest BCUT2D eigenvalue weighted by atomic mass is 35.5. The number of nitrogens with two attached hydrogens (primary N) is 1. The Labute approximate surface area is 105 Å². The molecule has 2 N–H and O–H groups in total. The van der Waals surface area contributed by atoms with Crippen LogP contribution in [-0.2, 0) is 6.54 Å². The molecule has 2 aromatic carbocycles. The van der Waals surface area contributed by atoms with E-state index in [1.54, 1.807) is 12.1 Å². The normalized spacial score (nSPS) is 10.2. The van der Waals surface area contributed by atoms with Crippen molar-refractivity contribution in [3.8, 4) is 11.1 Å². The van der Waals surface area contributed by atoms with E-state index in [1.807, 2.05) is 36.4 Å². The standard InChI is InChI=1S/C14H12ClNO/c15-14(17)13-7-2-1-6-12(13)11-5-3-4-10(8-11)9-16/h1-8H,9,16H2. The van der Waals surface area contributed by atoms with Crippen molar-refractivity contribution in [1.29, 1.82) is 0 Å². The fourth-order valence-electron chi connectivity index (χ4n) is 1.77. The maximum absolute atomic E-state index is 11.3. The first-order valence-corrected chi connectivity index (χ1v) is 5.68. The molecule has 0 radical (unpaired) electrons. The number of hydrogen-bond acceptors (Lipinski definition) is 2. The third-order valence-electron chi connectivity index (χ3n) is 2.61. The fraction of sp³-hybridized carbons (Fsp3) is 0.0714. The van der Waals surface area contributed by atoms with Crippen LogP contribution in [0.3, 0.4) is 0 Å². The molecule has 0 unspecified atom stereocenters. The average Bonchev–Trinajstić information content (AvgIpc) is 2.39. The first-order valence-electron chi connectivity index (χ1n) is 5.30. The molecule has 0 amide bonds. The fourth-order valence-corrected chi connectivity index (χ4v) is 1.94. The lowest BCUT2D eigenvalue weighted by Crippen LogP contribution is -1.97. The van der Waals surface area contributed by atoms with E-state index in [1.165, 1.54) is 0 Å². The molecule has 17 heavy (non-hydrogen) atoms. The number of benzene rings is 2. The molecule has 0 bridgehead atoms. The Hall–Kier alpha value is -1.64. The van der Waals surface area contributed by atoms with Crippen molar-refractivity contribution in [3.63, 3.8) is 0 Å². The van der Waals surface area contributed by atoms with Gasteiger partial charge in [0.15, 0.2) is 0 Å². The van der Waals surface area contributed by atoms with Gasteiger partial charge in [-0.3, -0.25) is 4.79 Å². The minimum atomic E-state index is -0.446. The van der Waals surface area contributed by atoms with Crippen LogP contribution >= 0.6 is 11.6 Å². The minimum Gasteiger partial charge on any atom is -0.326 e. The van der Waals surface area contributed by atoms with Gasteiger partial charge < -0.3 is 5.73 Å². The van der Waals surface area contributed by atoms with Crippen molar-refractivity contribution >= 4 is 16.8 Å². The monoisotopic (exact) mass is 245 g/mol. The molecular weight excluding hydrogens is 234 g/mol. The van der Waals surface area contributed by atoms with Gasteiger partial charge in [-0.1, -0.05) is 36.4 Å². The molecule has 0 aliphatic carbocycles. The van der Waals surface area contributed by atoms with Crippen molar-refractivity contribution in [1.82, 2.24) is 0 Å². The summed E-state index contributed by atoms with van der Waals surface area (Å²) in [5, 5.41) is -0.446. The van der Waals surface area contributed by atoms with E-state index >= 15 is 0 Å². The van der Waals surface area contributed by atoms with Crippen LogP contribution in [0.25, 0.3) is 11.1 Å². The van der Waals surface area contributed by atoms with E-state index in [2.05, 4.69) is 0 Å². The largest absolute Gasteiger partial charge is 0.326 e. The molecule has 2 nitrogen and oxygen atoms in total. The molecule has 3 heteroatoms. The molecular formula is C14H12ClNO. The first kappa shape index (κ1) is 11.8. The van der Waals surface area contributed by atoms with Crippen molar-refractivity contribution in [2.45, 2.75) is 6.54 Å². The van der Waals surface area contributed by atoms with Gasteiger partial charge in [0.2, 0.25) is 0 Å². The second-order valence-corrected chi connectivity index (χ2v) is 4.07. The van der Waals surface area contributed by atoms with Crippen molar-refractivity contribution in [3.05, 3.63) is 59.7 Å². The highest BCUT2D eigenvalue weighted by Gasteiger charge is 2.09. The molecule has 0 fully saturated rings. The number of hydrogen-bond donors (Lipinski definition) is 1. The van der Waals surface area contributed by atoms with E-state index in [-0.39, 0.29) is 0 Å². The van der Waals surface area contributed by atoms with Crippen LogP contribution in [0.15, 0.2) is 48.5 Å². The summed E-state index contributed by atoms with van der Waals surface area (Å²) in [6, 6.07) is 15.1. The van der Waals surface area contributed by atoms with Crippen molar-refractivity contribution in [2.75, 3.05) is 0 Å². The zero-order valence-electron chi connectivity index (χ0n) is 9.19. The van der Waals surface area contributed by atoms with Crippen LogP contribution in [0, 0.1) is 0 Å². The summed E-state index contributed by atoms with van der Waals surface area (Å²) in [6.07, 6.45) is 0.